The molecule has 1 aromatic carbocycles. The summed E-state index contributed by atoms with van der Waals surface area (Å²) in [4.78, 5) is 11.4. The lowest BCUT2D eigenvalue weighted by molar-refractivity contribution is 0.473. The fourth-order valence-corrected chi connectivity index (χ4v) is 1.44. The van der Waals surface area contributed by atoms with E-state index in [9.17, 15) is 9.90 Å². The largest absolute Gasteiger partial charge is 0.508 e. The zero-order valence-corrected chi connectivity index (χ0v) is 8.06. The average molecular weight is 202 g/mol. The smallest absolute Gasteiger partial charge is 0.339 e. The highest BCUT2D eigenvalue weighted by atomic mass is 16.4. The number of hydrogen-bond acceptors (Lipinski definition) is 3. The van der Waals surface area contributed by atoms with Gasteiger partial charge in [-0.15, -0.1) is 6.58 Å². The summed E-state index contributed by atoms with van der Waals surface area (Å²) in [7, 11) is 0. The van der Waals surface area contributed by atoms with Crippen molar-refractivity contribution in [2.45, 2.75) is 6.42 Å². The maximum atomic E-state index is 11.4. The molecule has 76 valence electrons. The van der Waals surface area contributed by atoms with Gasteiger partial charge in [0.15, 0.2) is 0 Å². The molecule has 0 radical (unpaired) electrons. The van der Waals surface area contributed by atoms with Crippen molar-refractivity contribution in [3.63, 3.8) is 0 Å². The first-order valence-electron chi connectivity index (χ1n) is 4.57. The number of phenolic OH excluding ortho intramolecular Hbond substituents is 1. The summed E-state index contributed by atoms with van der Waals surface area (Å²) in [6, 6.07) is 6.44. The summed E-state index contributed by atoms with van der Waals surface area (Å²) in [6.45, 7) is 3.57. The number of phenols is 1. The number of aromatic hydroxyl groups is 1. The minimum Gasteiger partial charge on any atom is -0.508 e. The molecule has 15 heavy (non-hydrogen) atoms. The molecular weight excluding hydrogens is 192 g/mol. The average Bonchev–Trinajstić information content (AvgIpc) is 2.20. The minimum absolute atomic E-state index is 0.0853. The molecule has 0 amide bonds. The second kappa shape index (κ2) is 3.61. The second-order valence-electron chi connectivity index (χ2n) is 3.27. The minimum atomic E-state index is -0.381. The number of fused-ring (bicyclic) bond motifs is 1. The number of hydrogen-bond donors (Lipinski definition) is 1. The Morgan fingerprint density at radius 2 is 2.20 bits per heavy atom. The van der Waals surface area contributed by atoms with Gasteiger partial charge in [-0.05, 0) is 24.6 Å². The fourth-order valence-electron chi connectivity index (χ4n) is 1.44. The molecule has 1 heterocycles. The van der Waals surface area contributed by atoms with E-state index >= 15 is 0 Å². The van der Waals surface area contributed by atoms with Crippen molar-refractivity contribution in [1.82, 2.24) is 0 Å². The van der Waals surface area contributed by atoms with E-state index in [4.69, 9.17) is 4.42 Å². The molecule has 0 spiro atoms. The number of allylic oxidation sites excluding steroid dienone is 1. The third kappa shape index (κ3) is 1.76. The lowest BCUT2D eigenvalue weighted by Crippen LogP contribution is -2.05. The summed E-state index contributed by atoms with van der Waals surface area (Å²) < 4.78 is 5.06. The van der Waals surface area contributed by atoms with Crippen LogP contribution < -0.4 is 5.63 Å². The van der Waals surface area contributed by atoms with Crippen LogP contribution in [0.15, 0.2) is 46.1 Å². The lowest BCUT2D eigenvalue weighted by atomic mass is 10.1. The van der Waals surface area contributed by atoms with E-state index in [2.05, 4.69) is 6.58 Å². The van der Waals surface area contributed by atoms with E-state index in [-0.39, 0.29) is 11.4 Å². The van der Waals surface area contributed by atoms with Gasteiger partial charge in [0.1, 0.15) is 11.3 Å². The molecule has 0 atom stereocenters. The predicted octanol–water partition coefficient (Wildman–Crippen LogP) is 2.23. The fraction of sp³-hybridized carbons (Fsp3) is 0.0833. The topological polar surface area (TPSA) is 50.4 Å². The van der Waals surface area contributed by atoms with Crippen molar-refractivity contribution in [3.05, 3.63) is 52.9 Å². The van der Waals surface area contributed by atoms with Gasteiger partial charge in [0.25, 0.3) is 0 Å². The molecule has 0 bridgehead atoms. The van der Waals surface area contributed by atoms with Crippen LogP contribution in [0.3, 0.4) is 0 Å². The van der Waals surface area contributed by atoms with Crippen molar-refractivity contribution in [3.8, 4) is 5.75 Å². The lowest BCUT2D eigenvalue weighted by Gasteiger charge is -1.99. The van der Waals surface area contributed by atoms with E-state index in [1.807, 2.05) is 0 Å². The summed E-state index contributed by atoms with van der Waals surface area (Å²) in [5, 5.41) is 10.0. The van der Waals surface area contributed by atoms with E-state index < -0.39 is 0 Å². The van der Waals surface area contributed by atoms with Crippen LogP contribution in [0.2, 0.25) is 0 Å². The van der Waals surface area contributed by atoms with Crippen LogP contribution in [0.25, 0.3) is 11.0 Å². The molecule has 0 fully saturated rings. The first kappa shape index (κ1) is 9.52. The Labute approximate surface area is 86.3 Å². The Kier molecular flexibility index (Phi) is 2.29. The number of rotatable bonds is 2. The van der Waals surface area contributed by atoms with Crippen LogP contribution in [0.4, 0.5) is 0 Å². The second-order valence-corrected chi connectivity index (χ2v) is 3.27. The van der Waals surface area contributed by atoms with Crippen LogP contribution in [0.1, 0.15) is 5.56 Å². The van der Waals surface area contributed by atoms with Gasteiger partial charge in [-0.2, -0.15) is 0 Å². The zero-order chi connectivity index (χ0) is 10.8. The summed E-state index contributed by atoms with van der Waals surface area (Å²) in [5.74, 6) is 0.0853. The molecule has 3 nitrogen and oxygen atoms in total. The first-order valence-corrected chi connectivity index (χ1v) is 4.57. The van der Waals surface area contributed by atoms with Crippen LogP contribution >= 0.6 is 0 Å². The maximum absolute atomic E-state index is 11.4. The molecule has 0 unspecified atom stereocenters. The van der Waals surface area contributed by atoms with Crippen LogP contribution in [-0.4, -0.2) is 5.11 Å². The van der Waals surface area contributed by atoms with E-state index in [1.165, 1.54) is 6.07 Å². The molecule has 0 aliphatic heterocycles. The molecule has 2 aromatic rings. The van der Waals surface area contributed by atoms with Gasteiger partial charge >= 0.3 is 5.63 Å². The molecule has 1 N–H and O–H groups in total. The summed E-state index contributed by atoms with van der Waals surface area (Å²) in [5.41, 5.74) is 0.587. The Hall–Kier alpha value is -2.03. The van der Waals surface area contributed by atoms with Gasteiger partial charge < -0.3 is 9.52 Å². The SMILES string of the molecule is C=CCc1cc2ccc(O)cc2oc1=O. The van der Waals surface area contributed by atoms with Crippen molar-refractivity contribution >= 4 is 11.0 Å². The van der Waals surface area contributed by atoms with Gasteiger partial charge in [-0.1, -0.05) is 6.08 Å². The van der Waals surface area contributed by atoms with Crippen LogP contribution in [0.5, 0.6) is 5.75 Å². The quantitative estimate of drug-likeness (QED) is 0.600. The molecular formula is C12H10O3. The summed E-state index contributed by atoms with van der Waals surface area (Å²) in [6.07, 6.45) is 2.14. The van der Waals surface area contributed by atoms with Gasteiger partial charge in [-0.3, -0.25) is 0 Å². The molecule has 0 saturated carbocycles. The van der Waals surface area contributed by atoms with E-state index in [0.29, 0.717) is 17.6 Å². The molecule has 0 aliphatic carbocycles. The van der Waals surface area contributed by atoms with Gasteiger partial charge in [0.2, 0.25) is 0 Å². The summed E-state index contributed by atoms with van der Waals surface area (Å²) >= 11 is 0. The third-order valence-electron chi connectivity index (χ3n) is 2.16. The van der Waals surface area contributed by atoms with Crippen molar-refractivity contribution in [2.24, 2.45) is 0 Å². The van der Waals surface area contributed by atoms with Gasteiger partial charge in [-0.25, -0.2) is 4.79 Å². The Morgan fingerprint density at radius 1 is 1.40 bits per heavy atom. The molecule has 1 aromatic heterocycles. The molecule has 0 saturated heterocycles. The highest BCUT2D eigenvalue weighted by Gasteiger charge is 2.04. The normalized spacial score (nSPS) is 10.4. The number of benzene rings is 1. The predicted molar refractivity (Wildman–Crippen MR) is 58.0 cm³/mol. The molecule has 3 heteroatoms. The highest BCUT2D eigenvalue weighted by Crippen LogP contribution is 2.19. The highest BCUT2D eigenvalue weighted by molar-refractivity contribution is 5.78. The standard InChI is InChI=1S/C12H10O3/c1-2-3-9-6-8-4-5-10(13)7-11(8)15-12(9)14/h2,4-7,13H,1,3H2. The Morgan fingerprint density at radius 3 is 2.93 bits per heavy atom. The molecule has 2 rings (SSSR count). The monoisotopic (exact) mass is 202 g/mol. The van der Waals surface area contributed by atoms with Crippen molar-refractivity contribution < 1.29 is 9.52 Å². The van der Waals surface area contributed by atoms with Gasteiger partial charge in [0, 0.05) is 17.0 Å². The first-order chi connectivity index (χ1) is 7.20. The van der Waals surface area contributed by atoms with E-state index in [0.717, 1.165) is 5.39 Å². The zero-order valence-electron chi connectivity index (χ0n) is 8.06. The van der Waals surface area contributed by atoms with Crippen molar-refractivity contribution in [1.29, 1.82) is 0 Å². The maximum Gasteiger partial charge on any atom is 0.339 e. The Balaban J connectivity index is 2.70. The van der Waals surface area contributed by atoms with E-state index in [1.54, 1.807) is 24.3 Å². The van der Waals surface area contributed by atoms with Gasteiger partial charge in [0.05, 0.1) is 0 Å². The van der Waals surface area contributed by atoms with Crippen molar-refractivity contribution in [2.75, 3.05) is 0 Å². The van der Waals surface area contributed by atoms with Crippen LogP contribution in [-0.2, 0) is 6.42 Å². The third-order valence-corrected chi connectivity index (χ3v) is 2.16. The molecule has 0 aliphatic rings. The van der Waals surface area contributed by atoms with Crippen LogP contribution in [0, 0.1) is 0 Å². The Bertz CT molecular complexity index is 567.